The number of hydrogen-bond donors (Lipinski definition) is 3. The van der Waals surface area contributed by atoms with Crippen LogP contribution < -0.4 is 11.1 Å². The van der Waals surface area contributed by atoms with E-state index in [1.807, 2.05) is 48.5 Å². The molecule has 2 atom stereocenters. The van der Waals surface area contributed by atoms with Gasteiger partial charge in [-0.25, -0.2) is 4.98 Å². The smallest absolute Gasteiger partial charge is 0.272 e. The Bertz CT molecular complexity index is 1130. The third-order valence-corrected chi connectivity index (χ3v) is 6.58. The van der Waals surface area contributed by atoms with Crippen molar-refractivity contribution in [3.63, 3.8) is 0 Å². The monoisotopic (exact) mass is 462 g/mol. The summed E-state index contributed by atoms with van der Waals surface area (Å²) in [5.74, 6) is -0.980. The third-order valence-electron chi connectivity index (χ3n) is 6.58. The number of nitrogens with two attached hydrogens (primary N) is 1. The molecule has 2 aromatic carbocycles. The fourth-order valence-electron chi connectivity index (χ4n) is 4.79. The Hall–Kier alpha value is -3.36. The van der Waals surface area contributed by atoms with E-state index in [1.54, 1.807) is 6.07 Å². The van der Waals surface area contributed by atoms with Crippen molar-refractivity contribution in [3.05, 3.63) is 72.1 Å². The van der Waals surface area contributed by atoms with Crippen molar-refractivity contribution in [2.45, 2.75) is 43.7 Å². The minimum Gasteiger partial charge on any atom is -0.391 e. The molecule has 3 aromatic rings. The first kappa shape index (κ1) is 23.8. The van der Waals surface area contributed by atoms with Gasteiger partial charge in [-0.3, -0.25) is 14.6 Å². The van der Waals surface area contributed by atoms with E-state index < -0.39 is 23.5 Å². The molecule has 8 nitrogen and oxygen atoms in total. The number of amides is 2. The third kappa shape index (κ3) is 5.40. The number of carbonyl (C=O) groups is 2. The lowest BCUT2D eigenvalue weighted by Gasteiger charge is -2.46. The van der Waals surface area contributed by atoms with Crippen LogP contribution in [0.15, 0.2) is 60.8 Å². The average molecular weight is 463 g/mol. The topological polar surface area (TPSA) is 127 Å². The van der Waals surface area contributed by atoms with Crippen LogP contribution in [0.1, 0.15) is 41.7 Å². The van der Waals surface area contributed by atoms with Crippen molar-refractivity contribution in [2.75, 3.05) is 13.2 Å². The molecule has 1 aromatic heterocycles. The second-order valence-corrected chi connectivity index (χ2v) is 8.81. The highest BCUT2D eigenvalue weighted by molar-refractivity contribution is 5.94. The van der Waals surface area contributed by atoms with Crippen molar-refractivity contribution in [1.29, 1.82) is 0 Å². The van der Waals surface area contributed by atoms with Gasteiger partial charge in [0.1, 0.15) is 5.69 Å². The molecule has 1 fully saturated rings. The highest BCUT2D eigenvalue weighted by atomic mass is 16.5. The van der Waals surface area contributed by atoms with E-state index in [-0.39, 0.29) is 24.5 Å². The molecule has 0 radical (unpaired) electrons. The number of rotatable bonds is 9. The molecule has 8 heteroatoms. The van der Waals surface area contributed by atoms with Crippen LogP contribution in [0.25, 0.3) is 11.0 Å². The zero-order valence-electron chi connectivity index (χ0n) is 19.0. The molecule has 0 unspecified atom stereocenters. The molecular formula is C26H30N4O4. The van der Waals surface area contributed by atoms with Gasteiger partial charge in [0.2, 0.25) is 5.91 Å². The lowest BCUT2D eigenvalue weighted by Crippen LogP contribution is -2.63. The first-order valence-electron chi connectivity index (χ1n) is 11.6. The second-order valence-electron chi connectivity index (χ2n) is 8.81. The van der Waals surface area contributed by atoms with Crippen molar-refractivity contribution >= 4 is 22.8 Å². The maximum Gasteiger partial charge on any atom is 0.272 e. The van der Waals surface area contributed by atoms with Crippen LogP contribution >= 0.6 is 0 Å². The van der Waals surface area contributed by atoms with E-state index in [0.29, 0.717) is 43.5 Å². The highest BCUT2D eigenvalue weighted by Crippen LogP contribution is 2.36. The van der Waals surface area contributed by atoms with Gasteiger partial charge in [0.15, 0.2) is 0 Å². The summed E-state index contributed by atoms with van der Waals surface area (Å²) in [6.07, 6.45) is 2.35. The Morgan fingerprint density at radius 3 is 2.47 bits per heavy atom. The van der Waals surface area contributed by atoms with Gasteiger partial charge < -0.3 is 20.9 Å². The quantitative estimate of drug-likeness (QED) is 0.448. The largest absolute Gasteiger partial charge is 0.391 e. The fourth-order valence-corrected chi connectivity index (χ4v) is 4.79. The number of fused-ring (bicyclic) bond motifs is 1. The molecule has 4 rings (SSSR count). The summed E-state index contributed by atoms with van der Waals surface area (Å²) in [4.78, 5) is 33.9. The lowest BCUT2D eigenvalue weighted by atomic mass is 9.70. The molecule has 34 heavy (non-hydrogen) atoms. The summed E-state index contributed by atoms with van der Waals surface area (Å²) in [5, 5.41) is 14.6. The van der Waals surface area contributed by atoms with Crippen LogP contribution in [0.4, 0.5) is 0 Å². The van der Waals surface area contributed by atoms with E-state index in [1.165, 1.54) is 6.20 Å². The molecule has 178 valence electrons. The molecular weight excluding hydrogens is 432 g/mol. The van der Waals surface area contributed by atoms with Crippen LogP contribution in [-0.2, 0) is 16.0 Å². The average Bonchev–Trinajstić information content (AvgIpc) is 2.87. The Kier molecular flexibility index (Phi) is 7.49. The number of aliphatic hydroxyl groups excluding tert-OH is 1. The number of aliphatic hydroxyl groups is 1. The predicted molar refractivity (Wildman–Crippen MR) is 128 cm³/mol. The van der Waals surface area contributed by atoms with Crippen LogP contribution in [-0.4, -0.2) is 51.7 Å². The SMILES string of the molecule is NC(=O)CC[C@H](O)[C@@](Cc1ccccc1)(NC(=O)c1cnc2ccccc2n1)C1CCOCC1. The molecule has 4 N–H and O–H groups in total. The maximum absolute atomic E-state index is 13.5. The minimum atomic E-state index is -1.04. The Morgan fingerprint density at radius 1 is 1.09 bits per heavy atom. The second kappa shape index (κ2) is 10.7. The maximum atomic E-state index is 13.5. The van der Waals surface area contributed by atoms with E-state index in [2.05, 4.69) is 15.3 Å². The van der Waals surface area contributed by atoms with Crippen molar-refractivity contribution in [2.24, 2.45) is 11.7 Å². The number of para-hydroxylation sites is 2. The zero-order valence-corrected chi connectivity index (χ0v) is 19.0. The summed E-state index contributed by atoms with van der Waals surface area (Å²) in [7, 11) is 0. The van der Waals surface area contributed by atoms with Crippen LogP contribution in [0.3, 0.4) is 0 Å². The number of nitrogens with one attached hydrogen (secondary N) is 1. The molecule has 1 aliphatic heterocycles. The molecule has 0 bridgehead atoms. The summed E-state index contributed by atoms with van der Waals surface area (Å²) in [6.45, 7) is 1.07. The number of aromatic nitrogens is 2. The van der Waals surface area contributed by atoms with Gasteiger partial charge >= 0.3 is 0 Å². The van der Waals surface area contributed by atoms with E-state index in [0.717, 1.165) is 5.56 Å². The fraction of sp³-hybridized carbons (Fsp3) is 0.385. The standard InChI is InChI=1S/C26H30N4O4/c27-24(32)11-10-23(31)26(19-12-14-34-15-13-19,16-18-6-2-1-3-7-18)30-25(33)22-17-28-20-8-4-5-9-21(20)29-22/h1-9,17,19,23,31H,10-16H2,(H2,27,32)(H,30,33)/t23-,26-/m0/s1. The summed E-state index contributed by atoms with van der Waals surface area (Å²) in [6, 6.07) is 17.1. The summed E-state index contributed by atoms with van der Waals surface area (Å²) >= 11 is 0. The first-order valence-corrected chi connectivity index (χ1v) is 11.6. The summed E-state index contributed by atoms with van der Waals surface area (Å²) in [5.41, 5.74) is 6.80. The lowest BCUT2D eigenvalue weighted by molar-refractivity contribution is -0.119. The van der Waals surface area contributed by atoms with E-state index >= 15 is 0 Å². The number of nitrogens with zero attached hydrogens (tertiary/aromatic N) is 2. The minimum absolute atomic E-state index is 0.0204. The van der Waals surface area contributed by atoms with E-state index in [4.69, 9.17) is 10.5 Å². The molecule has 0 saturated carbocycles. The van der Waals surface area contributed by atoms with Crippen LogP contribution in [0.2, 0.25) is 0 Å². The number of carbonyl (C=O) groups excluding carboxylic acids is 2. The molecule has 1 aliphatic rings. The van der Waals surface area contributed by atoms with Gasteiger partial charge in [0, 0.05) is 19.6 Å². The normalized spacial score (nSPS) is 17.1. The number of ether oxygens (including phenoxy) is 1. The molecule has 1 saturated heterocycles. The number of hydrogen-bond acceptors (Lipinski definition) is 6. The van der Waals surface area contributed by atoms with Gasteiger partial charge in [0.25, 0.3) is 5.91 Å². The van der Waals surface area contributed by atoms with Crippen molar-refractivity contribution in [3.8, 4) is 0 Å². The van der Waals surface area contributed by atoms with Crippen molar-refractivity contribution < 1.29 is 19.4 Å². The summed E-state index contributed by atoms with van der Waals surface area (Å²) < 4.78 is 5.57. The molecule has 0 spiro atoms. The molecule has 0 aliphatic carbocycles. The van der Waals surface area contributed by atoms with Gasteiger partial charge in [-0.1, -0.05) is 42.5 Å². The molecule has 2 heterocycles. The van der Waals surface area contributed by atoms with Crippen LogP contribution in [0.5, 0.6) is 0 Å². The van der Waals surface area contributed by atoms with Gasteiger partial charge in [-0.05, 0) is 49.3 Å². The number of benzene rings is 2. The Labute approximate surface area is 198 Å². The predicted octanol–water partition coefficient (Wildman–Crippen LogP) is 2.39. The van der Waals surface area contributed by atoms with Gasteiger partial charge in [0.05, 0.1) is 28.9 Å². The first-order chi connectivity index (χ1) is 16.5. The van der Waals surface area contributed by atoms with Crippen LogP contribution in [0, 0.1) is 5.92 Å². The molecule has 2 amide bonds. The van der Waals surface area contributed by atoms with E-state index in [9.17, 15) is 14.7 Å². The Morgan fingerprint density at radius 2 is 1.76 bits per heavy atom. The Balaban J connectivity index is 1.72. The zero-order chi connectivity index (χ0) is 24.0. The van der Waals surface area contributed by atoms with Gasteiger partial charge in [-0.15, -0.1) is 0 Å². The number of primary amides is 1. The van der Waals surface area contributed by atoms with Crippen molar-refractivity contribution in [1.82, 2.24) is 15.3 Å². The van der Waals surface area contributed by atoms with Gasteiger partial charge in [-0.2, -0.15) is 0 Å². The highest BCUT2D eigenvalue weighted by Gasteiger charge is 2.46.